The first kappa shape index (κ1) is 27.1. The number of ether oxygens (including phenoxy) is 4. The number of nitrogens with one attached hydrogen (secondary N) is 3. The Kier molecular flexibility index (Phi) is 11.0. The van der Waals surface area contributed by atoms with E-state index < -0.39 is 17.8 Å². The van der Waals surface area contributed by atoms with Crippen LogP contribution in [0, 0.1) is 0 Å². The second-order valence-corrected chi connectivity index (χ2v) is 7.30. The van der Waals surface area contributed by atoms with Crippen LogP contribution in [-0.4, -0.2) is 50.3 Å². The zero-order chi connectivity index (χ0) is 25.6. The number of hydrogen-bond acceptors (Lipinski definition) is 8. The fraction of sp³-hybridized carbons (Fsp3) is 0.250. The second kappa shape index (κ2) is 14.2. The quantitative estimate of drug-likeness (QED) is 0.195. The predicted molar refractivity (Wildman–Crippen MR) is 133 cm³/mol. The Bertz CT molecular complexity index is 1070. The molecule has 0 saturated heterocycles. The molecule has 2 amide bonds. The summed E-state index contributed by atoms with van der Waals surface area (Å²) in [5.41, 5.74) is 5.83. The maximum Gasteiger partial charge on any atom is 0.338 e. The largest absolute Gasteiger partial charge is 0.493 e. The van der Waals surface area contributed by atoms with Gasteiger partial charge >= 0.3 is 5.97 Å². The van der Waals surface area contributed by atoms with E-state index in [2.05, 4.69) is 16.2 Å². The van der Waals surface area contributed by atoms with E-state index in [4.69, 9.17) is 31.2 Å². The number of amides is 2. The number of rotatable bonds is 10. The normalized spacial score (nSPS) is 10.3. The van der Waals surface area contributed by atoms with Gasteiger partial charge in [0, 0.05) is 6.08 Å². The molecule has 0 saturated carbocycles. The lowest BCUT2D eigenvalue weighted by molar-refractivity contribution is -0.123. The summed E-state index contributed by atoms with van der Waals surface area (Å²) in [5, 5.41) is 2.30. The third-order valence-electron chi connectivity index (χ3n) is 4.28. The molecule has 2 rings (SSSR count). The summed E-state index contributed by atoms with van der Waals surface area (Å²) in [6.07, 6.45) is 3.59. The van der Waals surface area contributed by atoms with Gasteiger partial charge in [0.25, 0.3) is 5.91 Å². The molecule has 2 aromatic carbocycles. The van der Waals surface area contributed by atoms with E-state index in [1.807, 2.05) is 6.92 Å². The van der Waals surface area contributed by atoms with Gasteiger partial charge in [-0.25, -0.2) is 4.79 Å². The lowest BCUT2D eigenvalue weighted by Gasteiger charge is -2.11. The lowest BCUT2D eigenvalue weighted by Crippen LogP contribution is -2.49. The van der Waals surface area contributed by atoms with Crippen molar-refractivity contribution in [3.8, 4) is 17.2 Å². The Morgan fingerprint density at radius 2 is 1.69 bits per heavy atom. The Morgan fingerprint density at radius 3 is 2.34 bits per heavy atom. The van der Waals surface area contributed by atoms with Crippen LogP contribution in [-0.2, 0) is 14.3 Å². The fourth-order valence-corrected chi connectivity index (χ4v) is 2.74. The number of carbonyl (C=O) groups excluding carboxylic acids is 3. The molecule has 3 N–H and O–H groups in total. The standard InChI is InChI=1S/C24H27N3O7S/c1-4-13-33-23(30)17-7-9-18(10-8-17)34-15-22(29)26-27-24(35)25-21(28)12-6-16-5-11-19(31-2)20(14-16)32-3/h5-12,14H,4,13,15H2,1-3H3,(H,26,29)(H2,25,27,28,35)/b12-6+. The van der Waals surface area contributed by atoms with Gasteiger partial charge in [-0.2, -0.15) is 0 Å². The van der Waals surface area contributed by atoms with Crippen LogP contribution < -0.4 is 30.4 Å². The van der Waals surface area contributed by atoms with E-state index >= 15 is 0 Å². The number of esters is 1. The molecule has 0 aliphatic heterocycles. The summed E-state index contributed by atoms with van der Waals surface area (Å²) in [6, 6.07) is 11.4. The minimum Gasteiger partial charge on any atom is -0.493 e. The van der Waals surface area contributed by atoms with Crippen molar-refractivity contribution in [3.05, 3.63) is 59.7 Å². The maximum atomic E-state index is 12.0. The van der Waals surface area contributed by atoms with Crippen molar-refractivity contribution in [2.45, 2.75) is 13.3 Å². The van der Waals surface area contributed by atoms with E-state index in [9.17, 15) is 14.4 Å². The van der Waals surface area contributed by atoms with Gasteiger partial charge in [0.05, 0.1) is 26.4 Å². The Labute approximate surface area is 208 Å². The van der Waals surface area contributed by atoms with Crippen LogP contribution in [0.3, 0.4) is 0 Å². The highest BCUT2D eigenvalue weighted by atomic mass is 32.1. The molecule has 0 bridgehead atoms. The molecule has 0 aromatic heterocycles. The van der Waals surface area contributed by atoms with Crippen LogP contribution in [0.1, 0.15) is 29.3 Å². The van der Waals surface area contributed by atoms with Gasteiger partial charge in [-0.3, -0.25) is 25.8 Å². The number of carbonyl (C=O) groups is 3. The minimum absolute atomic E-state index is 0.102. The summed E-state index contributed by atoms with van der Waals surface area (Å²) in [5.74, 6) is 0.0398. The maximum absolute atomic E-state index is 12.0. The molecule has 186 valence electrons. The predicted octanol–water partition coefficient (Wildman–Crippen LogP) is 2.38. The van der Waals surface area contributed by atoms with Gasteiger partial charge < -0.3 is 18.9 Å². The van der Waals surface area contributed by atoms with Crippen molar-refractivity contribution >= 4 is 41.2 Å². The second-order valence-electron chi connectivity index (χ2n) is 6.89. The Balaban J connectivity index is 1.73. The lowest BCUT2D eigenvalue weighted by atomic mass is 10.2. The number of thiocarbonyl (C=S) groups is 1. The van der Waals surface area contributed by atoms with Gasteiger partial charge in [-0.1, -0.05) is 13.0 Å². The van der Waals surface area contributed by atoms with Crippen LogP contribution in [0.5, 0.6) is 17.2 Å². The highest BCUT2D eigenvalue weighted by Crippen LogP contribution is 2.27. The van der Waals surface area contributed by atoms with E-state index in [1.54, 1.807) is 48.5 Å². The van der Waals surface area contributed by atoms with Gasteiger partial charge in [-0.15, -0.1) is 0 Å². The Morgan fingerprint density at radius 1 is 0.971 bits per heavy atom. The zero-order valence-corrected chi connectivity index (χ0v) is 20.4. The SMILES string of the molecule is CCCOC(=O)c1ccc(OCC(=O)NNC(=S)NC(=O)/C=C/c2ccc(OC)c(OC)c2)cc1. The third kappa shape index (κ3) is 9.33. The molecule has 0 aliphatic carbocycles. The molecule has 0 radical (unpaired) electrons. The van der Waals surface area contributed by atoms with E-state index in [1.165, 1.54) is 20.3 Å². The smallest absolute Gasteiger partial charge is 0.338 e. The number of hydrazine groups is 1. The van der Waals surface area contributed by atoms with Crippen LogP contribution in [0.25, 0.3) is 6.08 Å². The monoisotopic (exact) mass is 501 g/mol. The fourth-order valence-electron chi connectivity index (χ4n) is 2.59. The van der Waals surface area contributed by atoms with Crippen LogP contribution in [0.15, 0.2) is 48.5 Å². The molecule has 35 heavy (non-hydrogen) atoms. The van der Waals surface area contributed by atoms with Gasteiger partial charge in [-0.05, 0) is 66.7 Å². The number of hydrogen-bond donors (Lipinski definition) is 3. The molecule has 0 aliphatic rings. The van der Waals surface area contributed by atoms with Gasteiger partial charge in [0.1, 0.15) is 5.75 Å². The van der Waals surface area contributed by atoms with Crippen molar-refractivity contribution in [1.82, 2.24) is 16.2 Å². The number of methoxy groups -OCH3 is 2. The molecular formula is C24H27N3O7S. The van der Waals surface area contributed by atoms with Crippen molar-refractivity contribution in [1.29, 1.82) is 0 Å². The average molecular weight is 502 g/mol. The highest BCUT2D eigenvalue weighted by Gasteiger charge is 2.09. The molecule has 0 unspecified atom stereocenters. The van der Waals surface area contributed by atoms with Gasteiger partial charge in [0.15, 0.2) is 23.2 Å². The van der Waals surface area contributed by atoms with Crippen LogP contribution in [0.2, 0.25) is 0 Å². The zero-order valence-electron chi connectivity index (χ0n) is 19.6. The molecule has 0 atom stereocenters. The molecule has 0 fully saturated rings. The first-order valence-corrected chi connectivity index (χ1v) is 11.0. The topological polar surface area (TPSA) is 124 Å². The van der Waals surface area contributed by atoms with Crippen LogP contribution in [0.4, 0.5) is 0 Å². The van der Waals surface area contributed by atoms with Crippen molar-refractivity contribution < 1.29 is 33.3 Å². The summed E-state index contributed by atoms with van der Waals surface area (Å²) in [4.78, 5) is 35.8. The molecule has 0 spiro atoms. The van der Waals surface area contributed by atoms with Crippen molar-refractivity contribution in [2.24, 2.45) is 0 Å². The minimum atomic E-state index is -0.533. The Hall–Kier alpha value is -4.12. The molecule has 0 heterocycles. The highest BCUT2D eigenvalue weighted by molar-refractivity contribution is 7.80. The van der Waals surface area contributed by atoms with Crippen molar-refractivity contribution in [2.75, 3.05) is 27.4 Å². The summed E-state index contributed by atoms with van der Waals surface area (Å²) >= 11 is 4.99. The molecule has 2 aromatic rings. The molecular weight excluding hydrogens is 474 g/mol. The summed E-state index contributed by atoms with van der Waals surface area (Å²) < 4.78 is 20.8. The van der Waals surface area contributed by atoms with Crippen LogP contribution >= 0.6 is 12.2 Å². The number of benzene rings is 2. The van der Waals surface area contributed by atoms with E-state index in [0.29, 0.717) is 35.0 Å². The first-order valence-electron chi connectivity index (χ1n) is 10.6. The first-order chi connectivity index (χ1) is 16.9. The third-order valence-corrected chi connectivity index (χ3v) is 4.49. The summed E-state index contributed by atoms with van der Waals surface area (Å²) in [6.45, 7) is 1.94. The van der Waals surface area contributed by atoms with E-state index in [-0.39, 0.29) is 11.7 Å². The molecule has 10 nitrogen and oxygen atoms in total. The molecule has 11 heteroatoms. The van der Waals surface area contributed by atoms with Crippen molar-refractivity contribution in [3.63, 3.8) is 0 Å². The van der Waals surface area contributed by atoms with E-state index in [0.717, 1.165) is 6.42 Å². The van der Waals surface area contributed by atoms with Gasteiger partial charge in [0.2, 0.25) is 5.91 Å². The summed E-state index contributed by atoms with van der Waals surface area (Å²) in [7, 11) is 3.05. The average Bonchev–Trinajstić information content (AvgIpc) is 2.88.